The fraction of sp³-hybridized carbons (Fsp3) is 0.0270. The minimum atomic E-state index is -0.707. The Balaban J connectivity index is 0.975. The zero-order chi connectivity index (χ0) is 54.6. The normalized spacial score (nSPS) is 15.7. The SMILES string of the molecule is [2H]c1c([2H])c([2H])c(-c2ccc(N(c3ccc4c(c3)-c3ccccc3C4(c3ccccc3)c3ccccc3)c3ccc4c(c3)C3(c5ccccc5-c5ccc(N(c6ccccc6)c6ccccc6)cc53)c3ccccc3-4)cc2)c([2H])c1[2H]. The van der Waals surface area contributed by atoms with Crippen molar-refractivity contribution in [2.75, 3.05) is 9.80 Å². The molecule has 1 atom stereocenters. The Labute approximate surface area is 451 Å². The lowest BCUT2D eigenvalue weighted by Gasteiger charge is -2.34. The number of hydrogen-bond acceptors (Lipinski definition) is 2. The van der Waals surface area contributed by atoms with Gasteiger partial charge in [-0.1, -0.05) is 230 Å². The van der Waals surface area contributed by atoms with Crippen LogP contribution >= 0.6 is 0 Å². The van der Waals surface area contributed by atoms with Crippen LogP contribution in [-0.2, 0) is 10.8 Å². The number of fused-ring (bicyclic) bond motifs is 13. The molecule has 0 radical (unpaired) electrons. The largest absolute Gasteiger partial charge is 0.310 e. The highest BCUT2D eigenvalue weighted by molar-refractivity contribution is 5.98. The van der Waals surface area contributed by atoms with Crippen molar-refractivity contribution < 1.29 is 6.85 Å². The van der Waals surface area contributed by atoms with E-state index in [9.17, 15) is 0 Å². The third-order valence-electron chi connectivity index (χ3n) is 16.2. The molecule has 3 aliphatic rings. The lowest BCUT2D eigenvalue weighted by atomic mass is 9.68. The summed E-state index contributed by atoms with van der Waals surface area (Å²) in [4.78, 5) is 4.67. The molecule has 12 aromatic carbocycles. The van der Waals surface area contributed by atoms with E-state index in [0.717, 1.165) is 45.3 Å². The summed E-state index contributed by atoms with van der Waals surface area (Å²) in [6.45, 7) is 0. The maximum absolute atomic E-state index is 8.91. The number of para-hydroxylation sites is 2. The van der Waals surface area contributed by atoms with Gasteiger partial charge in [0, 0.05) is 34.1 Å². The lowest BCUT2D eigenvalue weighted by molar-refractivity contribution is 0.768. The van der Waals surface area contributed by atoms with Crippen molar-refractivity contribution in [2.45, 2.75) is 10.8 Å². The van der Waals surface area contributed by atoms with Gasteiger partial charge in [-0.05, 0) is 162 Å². The van der Waals surface area contributed by atoms with E-state index in [1.165, 1.54) is 66.8 Å². The van der Waals surface area contributed by atoms with Crippen LogP contribution in [0.5, 0.6) is 0 Å². The van der Waals surface area contributed by atoms with E-state index in [1.54, 1.807) is 0 Å². The third-order valence-corrected chi connectivity index (χ3v) is 16.2. The second-order valence-corrected chi connectivity index (χ2v) is 19.9. The molecule has 2 nitrogen and oxygen atoms in total. The van der Waals surface area contributed by atoms with Gasteiger partial charge in [-0.3, -0.25) is 0 Å². The van der Waals surface area contributed by atoms with Crippen molar-refractivity contribution in [3.05, 3.63) is 348 Å². The van der Waals surface area contributed by atoms with Crippen LogP contribution in [0.15, 0.2) is 303 Å². The van der Waals surface area contributed by atoms with Crippen LogP contribution in [0.25, 0.3) is 44.5 Å². The van der Waals surface area contributed by atoms with E-state index < -0.39 is 16.9 Å². The Morgan fingerprint density at radius 3 is 1.11 bits per heavy atom. The Bertz CT molecular complexity index is 4350. The van der Waals surface area contributed by atoms with E-state index in [-0.39, 0.29) is 29.7 Å². The van der Waals surface area contributed by atoms with Gasteiger partial charge in [0.2, 0.25) is 0 Å². The molecule has 15 rings (SSSR count). The van der Waals surface area contributed by atoms with E-state index in [1.807, 2.05) is 24.3 Å². The van der Waals surface area contributed by atoms with Crippen LogP contribution in [0.4, 0.5) is 34.1 Å². The van der Waals surface area contributed by atoms with Crippen molar-refractivity contribution in [2.24, 2.45) is 0 Å². The van der Waals surface area contributed by atoms with Crippen LogP contribution in [0, 0.1) is 0 Å². The highest BCUT2D eigenvalue weighted by Crippen LogP contribution is 2.64. The summed E-state index contributed by atoms with van der Waals surface area (Å²) in [5.41, 5.74) is 22.0. The first-order valence-corrected chi connectivity index (χ1v) is 26.0. The second kappa shape index (κ2) is 17.4. The fourth-order valence-corrected chi connectivity index (χ4v) is 13.2. The average molecular weight is 972 g/mol. The first kappa shape index (κ1) is 38.8. The maximum Gasteiger partial charge on any atom is 0.0727 e. The molecule has 3 aliphatic carbocycles. The van der Waals surface area contributed by atoms with E-state index in [2.05, 4.69) is 259 Å². The van der Waals surface area contributed by atoms with Crippen molar-refractivity contribution in [1.29, 1.82) is 0 Å². The number of anilines is 6. The van der Waals surface area contributed by atoms with E-state index in [0.29, 0.717) is 5.56 Å². The number of rotatable bonds is 9. The highest BCUT2D eigenvalue weighted by atomic mass is 15.1. The molecule has 0 aliphatic heterocycles. The third kappa shape index (κ3) is 6.41. The van der Waals surface area contributed by atoms with Gasteiger partial charge in [0.05, 0.1) is 17.7 Å². The lowest BCUT2D eigenvalue weighted by Crippen LogP contribution is -2.28. The molecule has 1 unspecified atom stereocenters. The fourth-order valence-electron chi connectivity index (χ4n) is 13.2. The number of nitrogens with zero attached hydrogens (tertiary/aromatic N) is 2. The van der Waals surface area contributed by atoms with Crippen molar-refractivity contribution >= 4 is 34.1 Å². The molecular formula is C74H50N2. The van der Waals surface area contributed by atoms with Gasteiger partial charge < -0.3 is 9.80 Å². The highest BCUT2D eigenvalue weighted by Gasteiger charge is 2.52. The Hall–Kier alpha value is -9.76. The summed E-state index contributed by atoms with van der Waals surface area (Å²) in [6, 6.07) is 96.6. The van der Waals surface area contributed by atoms with Crippen molar-refractivity contribution in [3.63, 3.8) is 0 Å². The zero-order valence-corrected chi connectivity index (χ0v) is 41.4. The Morgan fingerprint density at radius 1 is 0.237 bits per heavy atom. The van der Waals surface area contributed by atoms with Crippen molar-refractivity contribution in [3.8, 4) is 44.5 Å². The van der Waals surface area contributed by atoms with Gasteiger partial charge >= 0.3 is 0 Å². The molecular weight excluding hydrogens is 917 g/mol. The first-order valence-electron chi connectivity index (χ1n) is 28.5. The predicted molar refractivity (Wildman–Crippen MR) is 315 cm³/mol. The smallest absolute Gasteiger partial charge is 0.0727 e. The van der Waals surface area contributed by atoms with Crippen LogP contribution in [0.1, 0.15) is 51.4 Å². The minimum Gasteiger partial charge on any atom is -0.310 e. The number of hydrogen-bond donors (Lipinski definition) is 0. The molecule has 2 heteroatoms. The molecule has 0 fully saturated rings. The van der Waals surface area contributed by atoms with E-state index >= 15 is 0 Å². The second-order valence-electron chi connectivity index (χ2n) is 19.9. The summed E-state index contributed by atoms with van der Waals surface area (Å²) < 4.78 is 43.2. The maximum atomic E-state index is 8.91. The van der Waals surface area contributed by atoms with Crippen LogP contribution < -0.4 is 9.80 Å². The summed E-state index contributed by atoms with van der Waals surface area (Å²) in [5.74, 6) is 0. The minimum absolute atomic E-state index is 0.166. The molecule has 0 aromatic heterocycles. The predicted octanol–water partition coefficient (Wildman–Crippen LogP) is 19.0. The van der Waals surface area contributed by atoms with Crippen LogP contribution in [0.2, 0.25) is 0 Å². The van der Waals surface area contributed by atoms with Gasteiger partial charge in [-0.15, -0.1) is 0 Å². The molecule has 0 N–H and O–H groups in total. The molecule has 0 amide bonds. The summed E-state index contributed by atoms with van der Waals surface area (Å²) in [6.07, 6.45) is 0. The van der Waals surface area contributed by atoms with Gasteiger partial charge in [0.15, 0.2) is 0 Å². The monoisotopic (exact) mass is 971 g/mol. The molecule has 1 spiro atoms. The molecule has 12 aromatic rings. The van der Waals surface area contributed by atoms with E-state index in [4.69, 9.17) is 6.85 Å². The molecule has 0 bridgehead atoms. The van der Waals surface area contributed by atoms with Crippen LogP contribution in [-0.4, -0.2) is 0 Å². The molecule has 0 heterocycles. The average Bonchev–Trinajstić information content (AvgIpc) is 3.82. The summed E-state index contributed by atoms with van der Waals surface area (Å²) in [5, 5.41) is 0. The van der Waals surface area contributed by atoms with Gasteiger partial charge in [-0.25, -0.2) is 0 Å². The van der Waals surface area contributed by atoms with Crippen molar-refractivity contribution in [1.82, 2.24) is 0 Å². The standard InChI is InChI=1S/C74H50N2/c1-6-22-51(23-7-1)52-38-40-57(41-39-52)76(58-44-47-70-66(48-58)63-34-18-19-35-67(63)73(70,53-24-8-2-9-25-53)54-26-10-3-11-27-54)60-43-46-65-62-33-17-21-37-69(62)74(72(65)50-60)68-36-20-16-32-61(68)64-45-42-59(49-71(64)74)75(55-28-12-4-13-29-55)56-30-14-5-15-31-56/h1-50H/i1D,6D,7D,22D,23D. The molecule has 76 heavy (non-hydrogen) atoms. The van der Waals surface area contributed by atoms with Gasteiger partial charge in [0.1, 0.15) is 0 Å². The Morgan fingerprint density at radius 2 is 0.592 bits per heavy atom. The summed E-state index contributed by atoms with van der Waals surface area (Å²) in [7, 11) is 0. The molecule has 356 valence electrons. The Kier molecular flexibility index (Phi) is 8.91. The van der Waals surface area contributed by atoms with Gasteiger partial charge in [0.25, 0.3) is 0 Å². The summed E-state index contributed by atoms with van der Waals surface area (Å²) >= 11 is 0. The molecule has 0 saturated carbocycles. The zero-order valence-electron chi connectivity index (χ0n) is 46.4. The van der Waals surface area contributed by atoms with Crippen LogP contribution in [0.3, 0.4) is 0 Å². The molecule has 0 saturated heterocycles. The topological polar surface area (TPSA) is 6.48 Å². The quantitative estimate of drug-likeness (QED) is 0.142. The van der Waals surface area contributed by atoms with Gasteiger partial charge in [-0.2, -0.15) is 0 Å². The first-order chi connectivity index (χ1) is 39.8. The number of benzene rings is 12.